The number of carbonyl (C=O) groups is 1. The first-order valence-electron chi connectivity index (χ1n) is 20.7. The lowest BCUT2D eigenvalue weighted by molar-refractivity contribution is -0.0429. The second-order valence-corrected chi connectivity index (χ2v) is 18.9. The van der Waals surface area contributed by atoms with E-state index in [4.69, 9.17) is 16.6 Å². The molecule has 3 aliphatic heterocycles. The van der Waals surface area contributed by atoms with Crippen molar-refractivity contribution >= 4 is 44.3 Å². The summed E-state index contributed by atoms with van der Waals surface area (Å²) in [5.41, 5.74) is -3.52. The normalized spacial score (nSPS) is 21.0. The van der Waals surface area contributed by atoms with Crippen molar-refractivity contribution in [1.29, 1.82) is 0 Å². The van der Waals surface area contributed by atoms with Gasteiger partial charge in [-0.25, -0.2) is 9.37 Å². The molecule has 0 aliphatic carbocycles. The Kier molecular flexibility index (Phi) is 13.7. The van der Waals surface area contributed by atoms with E-state index in [2.05, 4.69) is 74.1 Å². The topological polar surface area (TPSA) is 90.8 Å². The van der Waals surface area contributed by atoms with E-state index in [0.29, 0.717) is 56.1 Å². The number of alkyl halides is 3. The summed E-state index contributed by atoms with van der Waals surface area (Å²) in [6.07, 6.45) is 6.19. The van der Waals surface area contributed by atoms with Crippen LogP contribution in [0.3, 0.4) is 0 Å². The second-order valence-electron chi connectivity index (χ2n) is 16.8. The van der Waals surface area contributed by atoms with Gasteiger partial charge in [-0.3, -0.25) is 19.3 Å². The van der Waals surface area contributed by atoms with Crippen molar-refractivity contribution in [2.24, 2.45) is 0 Å². The molecule has 3 aromatic carbocycles. The van der Waals surface area contributed by atoms with Gasteiger partial charge >= 0.3 is 15.5 Å². The van der Waals surface area contributed by atoms with Crippen LogP contribution >= 0.6 is 11.6 Å². The Balaban J connectivity index is 0.000000584. The number of aromatic nitrogens is 2. The Labute approximate surface area is 351 Å². The number of carbonyl (C=O) groups excluding carboxylic acids is 1. The molecule has 7 rings (SSSR count). The molecule has 2 bridgehead atoms. The molecule has 1 aromatic heterocycles. The number of hydrogen-bond donors (Lipinski definition) is 1. The average molecular weight is 861 g/mol. The quantitative estimate of drug-likeness (QED) is 0.151. The Morgan fingerprint density at radius 1 is 0.949 bits per heavy atom. The van der Waals surface area contributed by atoms with E-state index in [1.807, 2.05) is 12.1 Å². The monoisotopic (exact) mass is 860 g/mol. The molecule has 9 nitrogen and oxygen atoms in total. The summed E-state index contributed by atoms with van der Waals surface area (Å²) in [7, 11) is -5.73. The number of rotatable bonds is 11. The minimum absolute atomic E-state index is 0.104. The predicted octanol–water partition coefficient (Wildman–Crippen LogP) is 9.96. The number of sulfonamides is 1. The number of nitrogens with one attached hydrogen (secondary N) is 1. The number of hydrogen-bond acceptors (Lipinski definition) is 6. The molecular weight excluding hydrogens is 804 g/mol. The third-order valence-electron chi connectivity index (χ3n) is 12.8. The number of benzene rings is 3. The van der Waals surface area contributed by atoms with Gasteiger partial charge in [-0.1, -0.05) is 48.9 Å². The Morgan fingerprint density at radius 2 is 1.58 bits per heavy atom. The van der Waals surface area contributed by atoms with Gasteiger partial charge < -0.3 is 9.47 Å². The van der Waals surface area contributed by atoms with Gasteiger partial charge in [-0.05, 0) is 140 Å². The van der Waals surface area contributed by atoms with Crippen LogP contribution in [0.1, 0.15) is 107 Å². The molecule has 3 aliphatic rings. The van der Waals surface area contributed by atoms with E-state index in [-0.39, 0.29) is 11.4 Å². The van der Waals surface area contributed by atoms with Gasteiger partial charge in [0.1, 0.15) is 11.6 Å². The number of piperidine rings is 2. The number of imidazole rings is 1. The summed E-state index contributed by atoms with van der Waals surface area (Å²) < 4.78 is 80.9. The summed E-state index contributed by atoms with van der Waals surface area (Å²) in [5, 5.41) is -0.412. The lowest BCUT2D eigenvalue weighted by Gasteiger charge is -2.45. The molecule has 3 fully saturated rings. The number of anilines is 1. The zero-order chi connectivity index (χ0) is 42.9. The molecule has 4 aromatic rings. The van der Waals surface area contributed by atoms with E-state index in [1.54, 1.807) is 17.0 Å². The third-order valence-corrected chi connectivity index (χ3v) is 14.3. The lowest BCUT2D eigenvalue weighted by Crippen LogP contribution is -2.49. The highest BCUT2D eigenvalue weighted by Gasteiger charge is 2.47. The Morgan fingerprint density at radius 3 is 2.15 bits per heavy atom. The van der Waals surface area contributed by atoms with Crippen LogP contribution in [0, 0.1) is 12.7 Å². The fraction of sp³-hybridized carbons (Fsp3) is 0.545. The van der Waals surface area contributed by atoms with Gasteiger partial charge in [0.05, 0.1) is 27.3 Å². The molecule has 59 heavy (non-hydrogen) atoms. The number of halogens is 5. The van der Waals surface area contributed by atoms with E-state index < -0.39 is 37.6 Å². The average Bonchev–Trinajstić information content (AvgIpc) is 3.64. The van der Waals surface area contributed by atoms with Crippen LogP contribution in [-0.2, 0) is 15.4 Å². The van der Waals surface area contributed by atoms with Gasteiger partial charge in [-0.15, -0.1) is 0 Å². The first-order chi connectivity index (χ1) is 27.9. The smallest absolute Gasteiger partial charge is 0.339 e. The van der Waals surface area contributed by atoms with Crippen molar-refractivity contribution in [3.05, 3.63) is 94.5 Å². The third kappa shape index (κ3) is 9.61. The van der Waals surface area contributed by atoms with Gasteiger partial charge in [-0.2, -0.15) is 21.6 Å². The number of fused-ring (bicyclic) bond motifs is 3. The molecule has 3 saturated heterocycles. The summed E-state index contributed by atoms with van der Waals surface area (Å²) in [4.78, 5) is 25.1. The molecule has 3 atom stereocenters. The molecule has 4 heterocycles. The molecule has 0 spiro atoms. The molecule has 1 N–H and O–H groups in total. The molecule has 1 amide bonds. The minimum atomic E-state index is -5.73. The van der Waals surface area contributed by atoms with Gasteiger partial charge in [0, 0.05) is 43.3 Å². The van der Waals surface area contributed by atoms with Crippen molar-refractivity contribution in [3.63, 3.8) is 0 Å². The van der Waals surface area contributed by atoms with Crippen molar-refractivity contribution in [3.8, 4) is 0 Å². The summed E-state index contributed by atoms with van der Waals surface area (Å²) in [6.45, 7) is 15.9. The maximum absolute atomic E-state index is 14.6. The summed E-state index contributed by atoms with van der Waals surface area (Å²) in [6, 6.07) is 21.2. The molecular formula is C44H57ClF4N6O3S. The standard InChI is InChI=1S/C36H38ClF4N5O3S.C8H19N/c1-23-42-30-9-2-3-11-32(30)46(23)28-21-26-12-13-27(22-28)45(26)19-16-35(24-6-4-7-25(38)20-24)14-17-44(18-15-35)34(47)29-8-5-10-31(33(29)37)43-50(48,49)36(39,40)41;1-6-9(7(2)3)8(4)5/h2-11,20,26-28,43H,12-19,21-22H2,1H3;7-8H,6H2,1-5H3/t26-,27+,28?;. The van der Waals surface area contributed by atoms with Crippen LogP contribution in [0.25, 0.3) is 11.0 Å². The van der Waals surface area contributed by atoms with Crippen molar-refractivity contribution in [1.82, 2.24) is 24.3 Å². The minimum Gasteiger partial charge on any atom is -0.339 e. The number of para-hydroxylation sites is 2. The SMILES string of the molecule is CCN(C(C)C)C(C)C.Cc1nc2ccccc2n1C1C[C@H]2CC[C@@H](C1)N2CCC1(c2cccc(F)c2)CCN(C(=O)c2cccc(NS(=O)(=O)C(F)(F)F)c2Cl)CC1. The highest BCUT2D eigenvalue weighted by atomic mass is 35.5. The summed E-state index contributed by atoms with van der Waals surface area (Å²) in [5.74, 6) is 0.193. The molecule has 15 heteroatoms. The zero-order valence-corrected chi connectivity index (χ0v) is 36.3. The number of likely N-dealkylation sites (tertiary alicyclic amines) is 1. The highest BCUT2D eigenvalue weighted by Crippen LogP contribution is 2.45. The van der Waals surface area contributed by atoms with Crippen molar-refractivity contribution in [2.75, 3.05) is 30.9 Å². The van der Waals surface area contributed by atoms with Crippen LogP contribution in [0.4, 0.5) is 23.2 Å². The van der Waals surface area contributed by atoms with E-state index in [9.17, 15) is 30.8 Å². The van der Waals surface area contributed by atoms with E-state index in [1.165, 1.54) is 28.4 Å². The fourth-order valence-electron chi connectivity index (χ4n) is 9.91. The van der Waals surface area contributed by atoms with Gasteiger partial charge in [0.25, 0.3) is 5.91 Å². The van der Waals surface area contributed by atoms with Crippen LogP contribution in [0.5, 0.6) is 0 Å². The van der Waals surface area contributed by atoms with E-state index >= 15 is 0 Å². The number of nitrogens with zero attached hydrogens (tertiary/aromatic N) is 5. The first kappa shape index (κ1) is 44.8. The molecule has 322 valence electrons. The zero-order valence-electron chi connectivity index (χ0n) is 34.8. The maximum Gasteiger partial charge on any atom is 0.516 e. The molecule has 1 unspecified atom stereocenters. The molecule has 0 radical (unpaired) electrons. The lowest BCUT2D eigenvalue weighted by atomic mass is 9.70. The van der Waals surface area contributed by atoms with Crippen LogP contribution in [0.2, 0.25) is 5.02 Å². The maximum atomic E-state index is 14.6. The first-order valence-corrected chi connectivity index (χ1v) is 22.6. The van der Waals surface area contributed by atoms with Crippen LogP contribution < -0.4 is 4.72 Å². The number of aryl methyl sites for hydroxylation is 1. The van der Waals surface area contributed by atoms with Gasteiger partial charge in [0.2, 0.25) is 0 Å². The summed E-state index contributed by atoms with van der Waals surface area (Å²) >= 11 is 6.30. The highest BCUT2D eigenvalue weighted by molar-refractivity contribution is 7.93. The largest absolute Gasteiger partial charge is 0.516 e. The Bertz CT molecular complexity index is 2180. The van der Waals surface area contributed by atoms with E-state index in [0.717, 1.165) is 68.2 Å². The van der Waals surface area contributed by atoms with Crippen LogP contribution in [-0.4, -0.2) is 94.4 Å². The Hall–Kier alpha value is -3.72. The predicted molar refractivity (Wildman–Crippen MR) is 227 cm³/mol. The fourth-order valence-corrected chi connectivity index (χ4v) is 10.8. The second kappa shape index (κ2) is 18.1. The van der Waals surface area contributed by atoms with Crippen LogP contribution in [0.15, 0.2) is 66.7 Å². The van der Waals surface area contributed by atoms with Gasteiger partial charge in [0.15, 0.2) is 0 Å². The van der Waals surface area contributed by atoms with Crippen molar-refractivity contribution in [2.45, 2.75) is 128 Å². The van der Waals surface area contributed by atoms with Crippen molar-refractivity contribution < 1.29 is 30.8 Å². The molecule has 0 saturated carbocycles. The number of amides is 1.